The van der Waals surface area contributed by atoms with Crippen LogP contribution in [0.2, 0.25) is 0 Å². The smallest absolute Gasteiger partial charge is 0.261 e. The van der Waals surface area contributed by atoms with Gasteiger partial charge in [-0.05, 0) is 42.5 Å². The summed E-state index contributed by atoms with van der Waals surface area (Å²) in [7, 11) is 0. The number of aliphatic hydroxyl groups excluding tert-OH is 1. The number of fused-ring (bicyclic) bond motifs is 1. The van der Waals surface area contributed by atoms with Crippen LogP contribution < -0.4 is 10.2 Å². The SMILES string of the molecule is CC1(C)Cc2nc(N3CCC(O)CC3)ncc2[C@H](NC(=O)c2cccs2)C1. The predicted octanol–water partition coefficient (Wildman–Crippen LogP) is 2.94. The Morgan fingerprint density at radius 3 is 2.85 bits per heavy atom. The van der Waals surface area contributed by atoms with Crippen molar-refractivity contribution < 1.29 is 9.90 Å². The Bertz CT molecular complexity index is 813. The van der Waals surface area contributed by atoms with Gasteiger partial charge in [0.05, 0.1) is 22.7 Å². The summed E-state index contributed by atoms with van der Waals surface area (Å²) in [4.78, 5) is 24.9. The highest BCUT2D eigenvalue weighted by Crippen LogP contribution is 2.40. The Kier molecular flexibility index (Phi) is 4.90. The molecule has 1 aliphatic heterocycles. The Morgan fingerprint density at radius 1 is 1.37 bits per heavy atom. The van der Waals surface area contributed by atoms with Crippen molar-refractivity contribution in [1.82, 2.24) is 15.3 Å². The average Bonchev–Trinajstić information content (AvgIpc) is 3.15. The van der Waals surface area contributed by atoms with Gasteiger partial charge >= 0.3 is 0 Å². The molecule has 2 aromatic rings. The number of anilines is 1. The number of carbonyl (C=O) groups excluding carboxylic acids is 1. The van der Waals surface area contributed by atoms with Gasteiger partial charge in [0.1, 0.15) is 0 Å². The molecule has 0 saturated carbocycles. The highest BCUT2D eigenvalue weighted by atomic mass is 32.1. The van der Waals surface area contributed by atoms with Gasteiger partial charge < -0.3 is 15.3 Å². The molecule has 4 rings (SSSR count). The van der Waals surface area contributed by atoms with Crippen LogP contribution in [0, 0.1) is 5.41 Å². The quantitative estimate of drug-likeness (QED) is 0.848. The molecule has 1 atom stereocenters. The number of rotatable bonds is 3. The molecule has 0 bridgehead atoms. The van der Waals surface area contributed by atoms with E-state index in [2.05, 4.69) is 29.0 Å². The van der Waals surface area contributed by atoms with Gasteiger partial charge in [0.15, 0.2) is 0 Å². The fourth-order valence-electron chi connectivity index (χ4n) is 4.02. The van der Waals surface area contributed by atoms with E-state index in [4.69, 9.17) is 4.98 Å². The molecule has 1 saturated heterocycles. The lowest BCUT2D eigenvalue weighted by molar-refractivity contribution is 0.0923. The van der Waals surface area contributed by atoms with Gasteiger partial charge in [0.25, 0.3) is 5.91 Å². The van der Waals surface area contributed by atoms with Crippen LogP contribution in [0.3, 0.4) is 0 Å². The topological polar surface area (TPSA) is 78.3 Å². The average molecular weight is 387 g/mol. The molecule has 0 unspecified atom stereocenters. The summed E-state index contributed by atoms with van der Waals surface area (Å²) >= 11 is 1.45. The van der Waals surface area contributed by atoms with E-state index in [-0.39, 0.29) is 23.5 Å². The van der Waals surface area contributed by atoms with Crippen molar-refractivity contribution in [2.75, 3.05) is 18.0 Å². The zero-order chi connectivity index (χ0) is 19.0. The van der Waals surface area contributed by atoms with Crippen molar-refractivity contribution in [3.63, 3.8) is 0 Å². The maximum atomic E-state index is 12.6. The Labute approximate surface area is 163 Å². The van der Waals surface area contributed by atoms with Crippen LogP contribution in [0.5, 0.6) is 0 Å². The molecule has 6 nitrogen and oxygen atoms in total. The second-order valence-electron chi connectivity index (χ2n) is 8.34. The van der Waals surface area contributed by atoms with Crippen molar-refractivity contribution in [2.45, 2.75) is 51.7 Å². The van der Waals surface area contributed by atoms with Gasteiger partial charge in [-0.2, -0.15) is 0 Å². The molecule has 7 heteroatoms. The minimum absolute atomic E-state index is 0.0345. The molecule has 144 valence electrons. The normalized spacial score (nSPS) is 22.3. The monoisotopic (exact) mass is 386 g/mol. The van der Waals surface area contributed by atoms with E-state index in [1.165, 1.54) is 11.3 Å². The van der Waals surface area contributed by atoms with Crippen molar-refractivity contribution >= 4 is 23.2 Å². The first kappa shape index (κ1) is 18.4. The lowest BCUT2D eigenvalue weighted by Crippen LogP contribution is -2.39. The third kappa shape index (κ3) is 3.99. The van der Waals surface area contributed by atoms with E-state index in [1.54, 1.807) is 0 Å². The molecule has 3 heterocycles. The molecule has 0 aromatic carbocycles. The molecule has 2 N–H and O–H groups in total. The lowest BCUT2D eigenvalue weighted by atomic mass is 9.74. The van der Waals surface area contributed by atoms with Crippen LogP contribution in [0.4, 0.5) is 5.95 Å². The highest BCUT2D eigenvalue weighted by Gasteiger charge is 2.35. The number of piperidine rings is 1. The van der Waals surface area contributed by atoms with Crippen molar-refractivity contribution in [1.29, 1.82) is 0 Å². The van der Waals surface area contributed by atoms with E-state index < -0.39 is 0 Å². The maximum Gasteiger partial charge on any atom is 0.261 e. The van der Waals surface area contributed by atoms with Crippen LogP contribution in [0.25, 0.3) is 0 Å². The number of carbonyl (C=O) groups is 1. The van der Waals surface area contributed by atoms with Gasteiger partial charge in [-0.3, -0.25) is 4.79 Å². The van der Waals surface area contributed by atoms with Gasteiger partial charge in [-0.1, -0.05) is 19.9 Å². The second kappa shape index (κ2) is 7.20. The van der Waals surface area contributed by atoms with Crippen LogP contribution in [0.1, 0.15) is 60.1 Å². The highest BCUT2D eigenvalue weighted by molar-refractivity contribution is 7.12. The number of nitrogens with one attached hydrogen (secondary N) is 1. The Balaban J connectivity index is 1.58. The molecular weight excluding hydrogens is 360 g/mol. The summed E-state index contributed by atoms with van der Waals surface area (Å²) in [6, 6.07) is 3.67. The van der Waals surface area contributed by atoms with Crippen LogP contribution in [-0.4, -0.2) is 40.2 Å². The summed E-state index contributed by atoms with van der Waals surface area (Å²) in [5, 5.41) is 14.8. The van der Waals surface area contributed by atoms with Crippen molar-refractivity contribution in [3.05, 3.63) is 39.8 Å². The number of thiophene rings is 1. The lowest BCUT2D eigenvalue weighted by Gasteiger charge is -2.37. The molecule has 1 aliphatic carbocycles. The summed E-state index contributed by atoms with van der Waals surface area (Å²) in [6.07, 6.45) is 4.93. The van der Waals surface area contributed by atoms with Crippen LogP contribution in [-0.2, 0) is 6.42 Å². The third-order valence-corrected chi connectivity index (χ3v) is 6.33. The number of hydrogen-bond donors (Lipinski definition) is 2. The number of hydrogen-bond acceptors (Lipinski definition) is 6. The van der Waals surface area contributed by atoms with Crippen molar-refractivity contribution in [2.24, 2.45) is 5.41 Å². The van der Waals surface area contributed by atoms with E-state index in [0.29, 0.717) is 0 Å². The third-order valence-electron chi connectivity index (χ3n) is 5.46. The Hall–Kier alpha value is -1.99. The van der Waals surface area contributed by atoms with Gasteiger partial charge in [-0.25, -0.2) is 9.97 Å². The minimum Gasteiger partial charge on any atom is -0.393 e. The van der Waals surface area contributed by atoms with Gasteiger partial charge in [-0.15, -0.1) is 11.3 Å². The zero-order valence-electron chi connectivity index (χ0n) is 15.8. The molecule has 1 amide bonds. The standard InChI is InChI=1S/C20H26N4O2S/c1-20(2)10-15(22-18(26)17-4-3-9-27-17)14-12-21-19(23-16(14)11-20)24-7-5-13(25)6-8-24/h3-4,9,12-13,15,25H,5-8,10-11H2,1-2H3,(H,22,26)/t15-/m1/s1. The summed E-state index contributed by atoms with van der Waals surface area (Å²) < 4.78 is 0. The first-order valence-electron chi connectivity index (χ1n) is 9.54. The predicted molar refractivity (Wildman–Crippen MR) is 106 cm³/mol. The molecule has 0 radical (unpaired) electrons. The number of amides is 1. The number of aromatic nitrogens is 2. The largest absolute Gasteiger partial charge is 0.393 e. The maximum absolute atomic E-state index is 12.6. The zero-order valence-corrected chi connectivity index (χ0v) is 16.6. The van der Waals surface area contributed by atoms with Crippen molar-refractivity contribution in [3.8, 4) is 0 Å². The van der Waals surface area contributed by atoms with Gasteiger partial charge in [0, 0.05) is 24.8 Å². The minimum atomic E-state index is -0.213. The number of nitrogens with zero attached hydrogens (tertiary/aromatic N) is 3. The van der Waals surface area contributed by atoms with Crippen LogP contribution in [0.15, 0.2) is 23.7 Å². The molecular formula is C20H26N4O2S. The Morgan fingerprint density at radius 2 is 2.15 bits per heavy atom. The van der Waals surface area contributed by atoms with E-state index in [1.807, 2.05) is 23.7 Å². The molecule has 27 heavy (non-hydrogen) atoms. The van der Waals surface area contributed by atoms with Crippen LogP contribution >= 0.6 is 11.3 Å². The van der Waals surface area contributed by atoms with Gasteiger partial charge in [0.2, 0.25) is 5.95 Å². The summed E-state index contributed by atoms with van der Waals surface area (Å²) in [6.45, 7) is 6.00. The van der Waals surface area contributed by atoms with E-state index >= 15 is 0 Å². The first-order chi connectivity index (χ1) is 12.9. The fraction of sp³-hybridized carbons (Fsp3) is 0.550. The van der Waals surface area contributed by atoms with E-state index in [9.17, 15) is 9.90 Å². The fourth-order valence-corrected chi connectivity index (χ4v) is 4.65. The number of aliphatic hydroxyl groups is 1. The second-order valence-corrected chi connectivity index (χ2v) is 9.29. The molecule has 2 aliphatic rings. The molecule has 1 fully saturated rings. The summed E-state index contributed by atoms with van der Waals surface area (Å²) in [5.74, 6) is 0.703. The molecule has 0 spiro atoms. The van der Waals surface area contributed by atoms with E-state index in [0.717, 1.165) is 60.9 Å². The molecule has 2 aromatic heterocycles. The summed E-state index contributed by atoms with van der Waals surface area (Å²) in [5.41, 5.74) is 2.11. The first-order valence-corrected chi connectivity index (χ1v) is 10.4.